The standard InChI is InChI=1S/C38H36F3N5O2/c1-21(39)37(47)46-11-10-45(19-26(46)7-9-42)35-30-15-32(41)29(27-6-2-4-22-12-23-13-28(23)34(22)27)16-33(30)44-36(31(35)18-43)48-20-38-8-3-5-24(38)14-25(40)17-38/h2,4,6,15-16,23-26,28H,1,3,5,7-8,10-14,17,19-20H2/t23?,24?,25-,26-,28?,38?/m0/s1. The number of nitriles is 2. The molecule has 6 atom stereocenters. The maximum Gasteiger partial charge on any atom is 0.282 e. The van der Waals surface area contributed by atoms with Gasteiger partial charge in [0.1, 0.15) is 23.6 Å². The van der Waals surface area contributed by atoms with Gasteiger partial charge in [-0.1, -0.05) is 31.2 Å². The lowest BCUT2D eigenvalue weighted by Crippen LogP contribution is -2.55. The van der Waals surface area contributed by atoms with Gasteiger partial charge < -0.3 is 14.5 Å². The van der Waals surface area contributed by atoms with Gasteiger partial charge >= 0.3 is 0 Å². The number of fused-ring (bicyclic) bond motifs is 5. The highest BCUT2D eigenvalue weighted by atomic mass is 19.1. The van der Waals surface area contributed by atoms with E-state index in [-0.39, 0.29) is 55.4 Å². The highest BCUT2D eigenvalue weighted by Gasteiger charge is 2.51. The molecule has 2 aromatic carbocycles. The number of piperazine rings is 1. The van der Waals surface area contributed by atoms with E-state index in [0.29, 0.717) is 46.8 Å². The number of hydrogen-bond donors (Lipinski definition) is 0. The molecule has 1 amide bonds. The van der Waals surface area contributed by atoms with E-state index in [1.807, 2.05) is 17.0 Å². The Kier molecular flexibility index (Phi) is 7.39. The number of hydrogen-bond acceptors (Lipinski definition) is 6. The largest absolute Gasteiger partial charge is 0.476 e. The normalized spacial score (nSPS) is 28.4. The van der Waals surface area contributed by atoms with Crippen LogP contribution in [0.5, 0.6) is 5.88 Å². The van der Waals surface area contributed by atoms with Crippen LogP contribution in [0.3, 0.4) is 0 Å². The van der Waals surface area contributed by atoms with E-state index in [0.717, 1.165) is 37.7 Å². The topological polar surface area (TPSA) is 93.2 Å². The Bertz CT molecular complexity index is 1950. The van der Waals surface area contributed by atoms with Gasteiger partial charge in [-0.25, -0.2) is 18.2 Å². The smallest absolute Gasteiger partial charge is 0.282 e. The van der Waals surface area contributed by atoms with Crippen LogP contribution in [-0.2, 0) is 11.2 Å². The third kappa shape index (κ3) is 4.91. The Labute approximate surface area is 277 Å². The van der Waals surface area contributed by atoms with Crippen LogP contribution in [0.2, 0.25) is 0 Å². The Morgan fingerprint density at radius 3 is 2.83 bits per heavy atom. The van der Waals surface area contributed by atoms with Crippen molar-refractivity contribution in [2.24, 2.45) is 17.3 Å². The number of ether oxygens (including phenoxy) is 1. The fourth-order valence-corrected chi connectivity index (χ4v) is 9.46. The molecule has 7 nitrogen and oxygen atoms in total. The van der Waals surface area contributed by atoms with Crippen molar-refractivity contribution >= 4 is 22.5 Å². The fraction of sp³-hybridized carbons (Fsp3) is 0.474. The van der Waals surface area contributed by atoms with E-state index >= 15 is 4.39 Å². The van der Waals surface area contributed by atoms with Crippen LogP contribution in [-0.4, -0.2) is 54.2 Å². The molecule has 0 bridgehead atoms. The second-order valence-corrected chi connectivity index (χ2v) is 14.4. The van der Waals surface area contributed by atoms with Crippen molar-refractivity contribution in [1.82, 2.24) is 9.88 Å². The molecule has 4 aliphatic carbocycles. The number of benzene rings is 2. The van der Waals surface area contributed by atoms with E-state index in [9.17, 15) is 24.1 Å². The summed E-state index contributed by atoms with van der Waals surface area (Å²) < 4.78 is 51.4. The van der Waals surface area contributed by atoms with Crippen molar-refractivity contribution < 1.29 is 22.7 Å². The molecule has 246 valence electrons. The van der Waals surface area contributed by atoms with Crippen molar-refractivity contribution in [3.8, 4) is 29.1 Å². The fourth-order valence-electron chi connectivity index (χ4n) is 9.46. The first kappa shape index (κ1) is 30.7. The molecule has 3 saturated carbocycles. The summed E-state index contributed by atoms with van der Waals surface area (Å²) in [5.41, 5.74) is 4.38. The lowest BCUT2D eigenvalue weighted by atomic mass is 9.81. The predicted octanol–water partition coefficient (Wildman–Crippen LogP) is 7.28. The number of amides is 1. The van der Waals surface area contributed by atoms with Crippen LogP contribution in [0.15, 0.2) is 42.7 Å². The molecule has 1 saturated heterocycles. The van der Waals surface area contributed by atoms with Crippen LogP contribution in [0.1, 0.15) is 67.6 Å². The summed E-state index contributed by atoms with van der Waals surface area (Å²) in [6, 6.07) is 12.9. The molecule has 1 aliphatic heterocycles. The third-order valence-corrected chi connectivity index (χ3v) is 11.8. The molecule has 5 aliphatic rings. The average molecular weight is 652 g/mol. The first-order valence-corrected chi connectivity index (χ1v) is 16.9. The highest BCUT2D eigenvalue weighted by molar-refractivity contribution is 5.99. The van der Waals surface area contributed by atoms with Crippen molar-refractivity contribution in [3.05, 3.63) is 65.2 Å². The summed E-state index contributed by atoms with van der Waals surface area (Å²) in [6.07, 6.45) is 4.91. The number of halogens is 3. The zero-order chi connectivity index (χ0) is 33.3. The summed E-state index contributed by atoms with van der Waals surface area (Å²) >= 11 is 0. The molecule has 0 spiro atoms. The zero-order valence-electron chi connectivity index (χ0n) is 26.7. The maximum absolute atomic E-state index is 16.3. The summed E-state index contributed by atoms with van der Waals surface area (Å²) in [4.78, 5) is 20.6. The van der Waals surface area contributed by atoms with E-state index in [1.54, 1.807) is 6.07 Å². The SMILES string of the molecule is C=C(F)C(=O)N1CCN(c2c(C#N)c(OCC34CCCC3C[C@H](F)C4)nc3cc(-c4cccc5c4C4CC4C5)c(F)cc23)C[C@@H]1CC#N. The van der Waals surface area contributed by atoms with Gasteiger partial charge in [0.05, 0.1) is 36.3 Å². The van der Waals surface area contributed by atoms with E-state index in [4.69, 9.17) is 9.72 Å². The molecule has 4 fully saturated rings. The second kappa shape index (κ2) is 11.5. The molecule has 1 aromatic heterocycles. The Morgan fingerprint density at radius 2 is 2.04 bits per heavy atom. The Hall–Kier alpha value is -4.57. The number of anilines is 1. The van der Waals surface area contributed by atoms with Gasteiger partial charge in [-0.15, -0.1) is 0 Å². The molecule has 0 radical (unpaired) electrons. The minimum absolute atomic E-state index is 0.0704. The van der Waals surface area contributed by atoms with Crippen LogP contribution < -0.4 is 9.64 Å². The van der Waals surface area contributed by atoms with Crippen molar-refractivity contribution in [2.45, 2.75) is 69.5 Å². The summed E-state index contributed by atoms with van der Waals surface area (Å²) in [5, 5.41) is 20.6. The number of carbonyl (C=O) groups excluding carboxylic acids is 1. The number of carbonyl (C=O) groups is 1. The van der Waals surface area contributed by atoms with Gasteiger partial charge in [0, 0.05) is 36.0 Å². The molecule has 3 aromatic rings. The van der Waals surface area contributed by atoms with Gasteiger partial charge in [0.25, 0.3) is 5.91 Å². The minimum Gasteiger partial charge on any atom is -0.476 e. The van der Waals surface area contributed by atoms with E-state index < -0.39 is 29.8 Å². The lowest BCUT2D eigenvalue weighted by molar-refractivity contribution is -0.131. The monoisotopic (exact) mass is 651 g/mol. The summed E-state index contributed by atoms with van der Waals surface area (Å²) in [5.74, 6) is -1.05. The Balaban J connectivity index is 1.25. The molecule has 48 heavy (non-hydrogen) atoms. The van der Waals surface area contributed by atoms with E-state index in [1.165, 1.54) is 22.1 Å². The number of rotatable bonds is 7. The quantitative estimate of drug-likeness (QED) is 0.249. The van der Waals surface area contributed by atoms with E-state index in [2.05, 4.69) is 24.8 Å². The van der Waals surface area contributed by atoms with Gasteiger partial charge in [-0.3, -0.25) is 4.79 Å². The molecule has 4 unspecified atom stereocenters. The second-order valence-electron chi connectivity index (χ2n) is 14.4. The first-order chi connectivity index (χ1) is 23.2. The van der Waals surface area contributed by atoms with Crippen LogP contribution >= 0.6 is 0 Å². The zero-order valence-corrected chi connectivity index (χ0v) is 26.7. The average Bonchev–Trinajstić information content (AvgIpc) is 3.39. The van der Waals surface area contributed by atoms with Crippen molar-refractivity contribution in [3.63, 3.8) is 0 Å². The number of pyridine rings is 1. The minimum atomic E-state index is -1.11. The molecule has 8 rings (SSSR count). The third-order valence-electron chi connectivity index (χ3n) is 11.8. The van der Waals surface area contributed by atoms with Gasteiger partial charge in [0.2, 0.25) is 5.88 Å². The van der Waals surface area contributed by atoms with Crippen LogP contribution in [0.25, 0.3) is 22.0 Å². The van der Waals surface area contributed by atoms with Gasteiger partial charge in [-0.05, 0) is 85.1 Å². The van der Waals surface area contributed by atoms with Crippen molar-refractivity contribution in [2.75, 3.05) is 31.1 Å². The number of aromatic nitrogens is 1. The maximum atomic E-state index is 16.3. The molecular weight excluding hydrogens is 615 g/mol. The van der Waals surface area contributed by atoms with Crippen LogP contribution in [0.4, 0.5) is 18.9 Å². The van der Waals surface area contributed by atoms with Crippen molar-refractivity contribution in [1.29, 1.82) is 10.5 Å². The first-order valence-electron chi connectivity index (χ1n) is 16.9. The highest BCUT2D eigenvalue weighted by Crippen LogP contribution is 2.59. The van der Waals surface area contributed by atoms with Gasteiger partial charge in [0.15, 0.2) is 5.83 Å². The molecule has 10 heteroatoms. The number of nitrogens with zero attached hydrogens (tertiary/aromatic N) is 5. The van der Waals surface area contributed by atoms with Crippen LogP contribution in [0, 0.1) is 45.7 Å². The van der Waals surface area contributed by atoms with Gasteiger partial charge in [-0.2, -0.15) is 10.5 Å². The predicted molar refractivity (Wildman–Crippen MR) is 174 cm³/mol. The molecular formula is C38H36F3N5O2. The summed E-state index contributed by atoms with van der Waals surface area (Å²) in [6.45, 7) is 3.75. The lowest BCUT2D eigenvalue weighted by Gasteiger charge is -2.42. The number of alkyl halides is 1. The Morgan fingerprint density at radius 1 is 1.19 bits per heavy atom. The molecule has 2 heterocycles. The summed E-state index contributed by atoms with van der Waals surface area (Å²) in [7, 11) is 0. The molecule has 0 N–H and O–H groups in total.